The number of hydrogen-bond acceptors (Lipinski definition) is 2. The van der Waals surface area contributed by atoms with Crippen molar-refractivity contribution in [1.82, 2.24) is 0 Å². The summed E-state index contributed by atoms with van der Waals surface area (Å²) in [5.74, 6) is 0. The zero-order chi connectivity index (χ0) is 14.3. The first-order valence-corrected chi connectivity index (χ1v) is 8.30. The highest BCUT2D eigenvalue weighted by molar-refractivity contribution is 7.95. The monoisotopic (exact) mass is 342 g/mol. The van der Waals surface area contributed by atoms with Crippen LogP contribution in [0.4, 0.5) is 5.69 Å². The van der Waals surface area contributed by atoms with Gasteiger partial charge in [-0.2, -0.15) is 4.36 Å². The molecule has 0 aliphatic carbocycles. The number of halogens is 2. The van der Waals surface area contributed by atoms with Gasteiger partial charge >= 0.3 is 0 Å². The molecular weight excluding hydrogens is 335 g/mol. The van der Waals surface area contributed by atoms with E-state index in [1.54, 1.807) is 42.5 Å². The van der Waals surface area contributed by atoms with Gasteiger partial charge in [0.05, 0.1) is 15.5 Å². The van der Waals surface area contributed by atoms with Crippen molar-refractivity contribution in [2.24, 2.45) is 4.36 Å². The van der Waals surface area contributed by atoms with E-state index in [2.05, 4.69) is 9.68 Å². The second kappa shape index (κ2) is 5.00. The quantitative estimate of drug-likeness (QED) is 0.770. The van der Waals surface area contributed by atoms with Crippen molar-refractivity contribution in [1.29, 1.82) is 0 Å². The van der Waals surface area contributed by atoms with Crippen molar-refractivity contribution in [3.05, 3.63) is 52.5 Å². The van der Waals surface area contributed by atoms with Crippen molar-refractivity contribution in [3.8, 4) is 0 Å². The molecule has 3 nitrogen and oxygen atoms in total. The fourth-order valence-corrected chi connectivity index (χ4v) is 4.86. The van der Waals surface area contributed by atoms with Gasteiger partial charge in [0, 0.05) is 10.0 Å². The minimum Gasteiger partial charge on any atom is -0.329 e. The second-order valence-corrected chi connectivity index (χ2v) is 7.55. The van der Waals surface area contributed by atoms with Gasteiger partial charge in [0.2, 0.25) is 5.11 Å². The average molecular weight is 343 g/mol. The maximum Gasteiger partial charge on any atom is 0.206 e. The molecule has 1 aliphatic heterocycles. The fraction of sp³-hybridized carbons (Fsp3) is 0. The average Bonchev–Trinajstić information content (AvgIpc) is 2.40. The lowest BCUT2D eigenvalue weighted by Gasteiger charge is -2.21. The maximum absolute atomic E-state index is 13.3. The van der Waals surface area contributed by atoms with Crippen molar-refractivity contribution >= 4 is 55.9 Å². The molecular formula is C13H8Cl2N2OS2. The van der Waals surface area contributed by atoms with Gasteiger partial charge in [0.25, 0.3) is 0 Å². The van der Waals surface area contributed by atoms with Crippen LogP contribution in [-0.4, -0.2) is 9.32 Å². The summed E-state index contributed by atoms with van der Waals surface area (Å²) in [6, 6.07) is 11.9. The van der Waals surface area contributed by atoms with Crippen LogP contribution in [0.15, 0.2) is 56.6 Å². The molecule has 0 saturated heterocycles. The summed E-state index contributed by atoms with van der Waals surface area (Å²) in [5, 5.41) is 4.09. The standard InChI is InChI=1S/C13H8Cl2N2OS2/c14-8-2-1-3-10(6-8)20(18)12-7-9(15)4-5-11(12)16-13(19)17-20/h1-7H,(H,16,17,18,19). The Kier molecular flexibility index (Phi) is 3.46. The van der Waals surface area contributed by atoms with Gasteiger partial charge in [-0.25, -0.2) is 4.21 Å². The van der Waals surface area contributed by atoms with E-state index in [-0.39, 0.29) is 5.11 Å². The number of hydrogen-bond donors (Lipinski definition) is 1. The summed E-state index contributed by atoms with van der Waals surface area (Å²) in [5.41, 5.74) is 0.652. The minimum absolute atomic E-state index is 0.185. The van der Waals surface area contributed by atoms with Gasteiger partial charge in [-0.3, -0.25) is 0 Å². The number of anilines is 1. The van der Waals surface area contributed by atoms with Crippen LogP contribution in [0.5, 0.6) is 0 Å². The Labute approximate surface area is 132 Å². The normalized spacial score (nSPS) is 20.8. The fourth-order valence-electron chi connectivity index (χ4n) is 1.95. The summed E-state index contributed by atoms with van der Waals surface area (Å²) < 4.78 is 17.5. The first-order valence-electron chi connectivity index (χ1n) is 5.62. The topological polar surface area (TPSA) is 41.5 Å². The third-order valence-electron chi connectivity index (χ3n) is 2.81. The Morgan fingerprint density at radius 1 is 1.10 bits per heavy atom. The van der Waals surface area contributed by atoms with E-state index in [1.165, 1.54) is 0 Å². The Morgan fingerprint density at radius 3 is 2.60 bits per heavy atom. The summed E-state index contributed by atoms with van der Waals surface area (Å²) in [6.07, 6.45) is 0. The third kappa shape index (κ3) is 2.31. The van der Waals surface area contributed by atoms with Crippen molar-refractivity contribution < 1.29 is 4.21 Å². The summed E-state index contributed by atoms with van der Waals surface area (Å²) in [6.45, 7) is 0. The number of rotatable bonds is 1. The lowest BCUT2D eigenvalue weighted by Crippen LogP contribution is -2.19. The predicted molar refractivity (Wildman–Crippen MR) is 86.2 cm³/mol. The number of thiocarbonyl (C=S) groups is 1. The van der Waals surface area contributed by atoms with Crippen LogP contribution in [-0.2, 0) is 9.73 Å². The Hall–Kier alpha value is -1.14. The molecule has 3 rings (SSSR count). The molecule has 2 aromatic rings. The highest BCUT2D eigenvalue weighted by atomic mass is 35.5. The van der Waals surface area contributed by atoms with Crippen molar-refractivity contribution in [2.75, 3.05) is 5.32 Å². The molecule has 0 spiro atoms. The predicted octanol–water partition coefficient (Wildman–Crippen LogP) is 4.59. The van der Waals surface area contributed by atoms with E-state index in [4.69, 9.17) is 35.4 Å². The van der Waals surface area contributed by atoms with Crippen LogP contribution in [0.2, 0.25) is 10.0 Å². The van der Waals surface area contributed by atoms with Crippen LogP contribution in [0.3, 0.4) is 0 Å². The molecule has 1 atom stereocenters. The van der Waals surface area contributed by atoms with E-state index in [1.807, 2.05) is 0 Å². The van der Waals surface area contributed by atoms with Gasteiger partial charge in [0.1, 0.15) is 9.73 Å². The Morgan fingerprint density at radius 2 is 1.85 bits per heavy atom. The maximum atomic E-state index is 13.3. The van der Waals surface area contributed by atoms with E-state index in [9.17, 15) is 4.21 Å². The zero-order valence-electron chi connectivity index (χ0n) is 9.97. The van der Waals surface area contributed by atoms with E-state index >= 15 is 0 Å². The van der Waals surface area contributed by atoms with Gasteiger partial charge < -0.3 is 5.32 Å². The van der Waals surface area contributed by atoms with Crippen LogP contribution in [0.25, 0.3) is 0 Å². The molecule has 1 aliphatic rings. The molecule has 1 N–H and O–H groups in total. The molecule has 0 amide bonds. The Bertz CT molecular complexity index is 842. The summed E-state index contributed by atoms with van der Waals surface area (Å²) >= 11 is 17.1. The molecule has 7 heteroatoms. The molecule has 1 unspecified atom stereocenters. The van der Waals surface area contributed by atoms with Gasteiger partial charge in [-0.15, -0.1) is 0 Å². The van der Waals surface area contributed by atoms with Crippen LogP contribution in [0.1, 0.15) is 0 Å². The first-order chi connectivity index (χ1) is 9.49. The zero-order valence-corrected chi connectivity index (χ0v) is 13.1. The molecule has 0 aromatic heterocycles. The van der Waals surface area contributed by atoms with Crippen LogP contribution >= 0.6 is 35.4 Å². The smallest absolute Gasteiger partial charge is 0.206 e. The molecule has 20 heavy (non-hydrogen) atoms. The van der Waals surface area contributed by atoms with E-state index in [0.717, 1.165) is 0 Å². The molecule has 102 valence electrons. The first kappa shape index (κ1) is 13.8. The number of nitrogens with one attached hydrogen (secondary N) is 1. The van der Waals surface area contributed by atoms with E-state index < -0.39 is 9.73 Å². The van der Waals surface area contributed by atoms with Crippen LogP contribution < -0.4 is 5.32 Å². The number of fused-ring (bicyclic) bond motifs is 1. The number of nitrogens with zero attached hydrogens (tertiary/aromatic N) is 1. The number of benzene rings is 2. The largest absolute Gasteiger partial charge is 0.329 e. The molecule has 2 aromatic carbocycles. The van der Waals surface area contributed by atoms with Gasteiger partial charge in [-0.1, -0.05) is 29.3 Å². The van der Waals surface area contributed by atoms with Crippen molar-refractivity contribution in [3.63, 3.8) is 0 Å². The minimum atomic E-state index is -2.87. The van der Waals surface area contributed by atoms with Crippen molar-refractivity contribution in [2.45, 2.75) is 9.79 Å². The summed E-state index contributed by atoms with van der Waals surface area (Å²) in [7, 11) is -2.87. The summed E-state index contributed by atoms with van der Waals surface area (Å²) in [4.78, 5) is 1.03. The second-order valence-electron chi connectivity index (χ2n) is 4.15. The lowest BCUT2D eigenvalue weighted by molar-refractivity contribution is 0.677. The molecule has 1 heterocycles. The lowest BCUT2D eigenvalue weighted by atomic mass is 10.3. The highest BCUT2D eigenvalue weighted by Crippen LogP contribution is 2.35. The SMILES string of the molecule is O=S1(c2cccc(Cl)c2)=NC(=S)Nc2ccc(Cl)cc21. The van der Waals surface area contributed by atoms with Gasteiger partial charge in [0.15, 0.2) is 0 Å². The van der Waals surface area contributed by atoms with E-state index in [0.29, 0.717) is 25.5 Å². The molecule has 0 bridgehead atoms. The molecule has 0 fully saturated rings. The highest BCUT2D eigenvalue weighted by Gasteiger charge is 2.25. The third-order valence-corrected chi connectivity index (χ3v) is 5.86. The molecule has 0 radical (unpaired) electrons. The molecule has 0 saturated carbocycles. The Balaban J connectivity index is 2.35. The van der Waals surface area contributed by atoms with Gasteiger partial charge in [-0.05, 0) is 48.6 Å². The van der Waals surface area contributed by atoms with Crippen LogP contribution in [0, 0.1) is 0 Å².